The van der Waals surface area contributed by atoms with Gasteiger partial charge in [-0.3, -0.25) is 9.59 Å². The molecule has 0 unspecified atom stereocenters. The van der Waals surface area contributed by atoms with Crippen molar-refractivity contribution in [3.63, 3.8) is 0 Å². The van der Waals surface area contributed by atoms with Gasteiger partial charge in [-0.1, -0.05) is 79.2 Å². The molecule has 1 N–H and O–H groups in total. The second-order valence-electron chi connectivity index (χ2n) is 8.29. The highest BCUT2D eigenvalue weighted by Crippen LogP contribution is 2.28. The van der Waals surface area contributed by atoms with E-state index in [1.165, 1.54) is 6.42 Å². The first-order chi connectivity index (χ1) is 15.4. The number of amides is 2. The quantitative estimate of drug-likeness (QED) is 0.458. The molecule has 7 heteroatoms. The van der Waals surface area contributed by atoms with Gasteiger partial charge in [-0.05, 0) is 49.1 Å². The third kappa shape index (κ3) is 6.63. The first-order valence-corrected chi connectivity index (χ1v) is 12.3. The highest BCUT2D eigenvalue weighted by atomic mass is 35.5. The fourth-order valence-corrected chi connectivity index (χ4v) is 4.84. The van der Waals surface area contributed by atoms with Gasteiger partial charge in [0, 0.05) is 33.2 Å². The normalized spacial score (nSPS) is 15.2. The van der Waals surface area contributed by atoms with Crippen LogP contribution in [0.3, 0.4) is 0 Å². The van der Waals surface area contributed by atoms with Crippen molar-refractivity contribution in [2.45, 2.75) is 70.5 Å². The summed E-state index contributed by atoms with van der Waals surface area (Å²) in [6.45, 7) is 2.09. The summed E-state index contributed by atoms with van der Waals surface area (Å²) in [5.74, 6) is -0.277. The van der Waals surface area contributed by atoms with Crippen molar-refractivity contribution >= 4 is 46.6 Å². The van der Waals surface area contributed by atoms with E-state index >= 15 is 0 Å². The topological polar surface area (TPSA) is 49.4 Å². The van der Waals surface area contributed by atoms with E-state index in [2.05, 4.69) is 5.32 Å². The molecule has 1 atom stereocenters. The minimum absolute atomic E-state index is 0.118. The zero-order valence-corrected chi connectivity index (χ0v) is 20.5. The highest BCUT2D eigenvalue weighted by molar-refractivity contribution is 6.36. The van der Waals surface area contributed by atoms with Crippen LogP contribution >= 0.6 is 34.8 Å². The Morgan fingerprint density at radius 1 is 1.00 bits per heavy atom. The largest absolute Gasteiger partial charge is 0.352 e. The number of carbonyl (C=O) groups excluding carboxylic acids is 2. The van der Waals surface area contributed by atoms with E-state index in [0.717, 1.165) is 31.2 Å². The maximum absolute atomic E-state index is 13.4. The minimum atomic E-state index is -0.607. The Morgan fingerprint density at radius 3 is 2.22 bits per heavy atom. The second-order valence-corrected chi connectivity index (χ2v) is 9.54. The molecule has 3 rings (SSSR count). The Bertz CT molecular complexity index is 907. The zero-order valence-electron chi connectivity index (χ0n) is 18.3. The van der Waals surface area contributed by atoms with Crippen molar-refractivity contribution in [3.05, 3.63) is 68.7 Å². The maximum Gasteiger partial charge on any atom is 0.243 e. The van der Waals surface area contributed by atoms with Crippen LogP contribution in [0.5, 0.6) is 0 Å². The first kappa shape index (κ1) is 24.9. The van der Waals surface area contributed by atoms with E-state index in [4.69, 9.17) is 34.8 Å². The number of hydrogen-bond donors (Lipinski definition) is 1. The summed E-state index contributed by atoms with van der Waals surface area (Å²) < 4.78 is 0. The molecule has 1 aliphatic rings. The molecule has 0 spiro atoms. The van der Waals surface area contributed by atoms with Gasteiger partial charge < -0.3 is 10.2 Å². The number of nitrogens with zero attached hydrogens (tertiary/aromatic N) is 1. The van der Waals surface area contributed by atoms with E-state index in [9.17, 15) is 9.59 Å². The Morgan fingerprint density at radius 2 is 1.62 bits per heavy atom. The van der Waals surface area contributed by atoms with Gasteiger partial charge in [-0.2, -0.15) is 0 Å². The van der Waals surface area contributed by atoms with Gasteiger partial charge in [0.15, 0.2) is 0 Å². The molecule has 1 fully saturated rings. The van der Waals surface area contributed by atoms with Crippen LogP contribution in [0.1, 0.15) is 56.6 Å². The molecule has 172 valence electrons. The van der Waals surface area contributed by atoms with Gasteiger partial charge in [0.25, 0.3) is 0 Å². The molecule has 2 amide bonds. The molecule has 0 heterocycles. The summed E-state index contributed by atoms with van der Waals surface area (Å²) in [4.78, 5) is 28.3. The first-order valence-electron chi connectivity index (χ1n) is 11.2. The molecule has 0 aliphatic heterocycles. The van der Waals surface area contributed by atoms with Gasteiger partial charge in [0.2, 0.25) is 11.8 Å². The molecule has 0 radical (unpaired) electrons. The Balaban J connectivity index is 1.85. The summed E-state index contributed by atoms with van der Waals surface area (Å²) in [7, 11) is 0. The van der Waals surface area contributed by atoms with Crippen LogP contribution in [0.25, 0.3) is 0 Å². The Kier molecular flexibility index (Phi) is 9.27. The van der Waals surface area contributed by atoms with E-state index in [0.29, 0.717) is 27.1 Å². The average Bonchev–Trinajstić information content (AvgIpc) is 2.77. The van der Waals surface area contributed by atoms with Crippen LogP contribution in [0, 0.1) is 0 Å². The summed E-state index contributed by atoms with van der Waals surface area (Å²) in [6.07, 6.45) is 6.07. The molecule has 32 heavy (non-hydrogen) atoms. The van der Waals surface area contributed by atoms with E-state index in [1.54, 1.807) is 35.2 Å². The Labute approximate surface area is 205 Å². The average molecular weight is 496 g/mol. The highest BCUT2D eigenvalue weighted by Gasteiger charge is 2.31. The molecule has 0 saturated heterocycles. The molecule has 0 bridgehead atoms. The predicted molar refractivity (Wildman–Crippen MR) is 131 cm³/mol. The second kappa shape index (κ2) is 11.9. The molecule has 1 aliphatic carbocycles. The fraction of sp³-hybridized carbons (Fsp3) is 0.440. The van der Waals surface area contributed by atoms with Crippen LogP contribution in [0.2, 0.25) is 15.1 Å². The van der Waals surface area contributed by atoms with E-state index < -0.39 is 6.04 Å². The van der Waals surface area contributed by atoms with E-state index in [1.807, 2.05) is 19.1 Å². The van der Waals surface area contributed by atoms with Crippen LogP contribution in [-0.2, 0) is 22.6 Å². The van der Waals surface area contributed by atoms with E-state index in [-0.39, 0.29) is 30.8 Å². The molecular weight excluding hydrogens is 467 g/mol. The summed E-state index contributed by atoms with van der Waals surface area (Å²) in [5.41, 5.74) is 1.47. The van der Waals surface area contributed by atoms with Gasteiger partial charge in [0.1, 0.15) is 6.04 Å². The maximum atomic E-state index is 13.4. The number of hydrogen-bond acceptors (Lipinski definition) is 2. The molecule has 4 nitrogen and oxygen atoms in total. The van der Waals surface area contributed by atoms with Gasteiger partial charge in [0.05, 0.1) is 6.42 Å². The van der Waals surface area contributed by atoms with Crippen LogP contribution in [0.15, 0.2) is 42.5 Å². The third-order valence-corrected chi connectivity index (χ3v) is 6.96. The van der Waals surface area contributed by atoms with Crippen LogP contribution in [0.4, 0.5) is 0 Å². The van der Waals surface area contributed by atoms with Crippen molar-refractivity contribution in [1.82, 2.24) is 10.2 Å². The third-order valence-electron chi connectivity index (χ3n) is 6.00. The van der Waals surface area contributed by atoms with Crippen molar-refractivity contribution in [3.8, 4) is 0 Å². The lowest BCUT2D eigenvalue weighted by Crippen LogP contribution is -2.52. The monoisotopic (exact) mass is 494 g/mol. The summed E-state index contributed by atoms with van der Waals surface area (Å²) in [5, 5.41) is 4.74. The number of carbonyl (C=O) groups is 2. The Hall–Kier alpha value is -1.75. The van der Waals surface area contributed by atoms with Crippen LogP contribution < -0.4 is 5.32 Å². The number of rotatable bonds is 8. The van der Waals surface area contributed by atoms with Crippen molar-refractivity contribution in [1.29, 1.82) is 0 Å². The summed E-state index contributed by atoms with van der Waals surface area (Å²) >= 11 is 18.8. The minimum Gasteiger partial charge on any atom is -0.352 e. The lowest BCUT2D eigenvalue weighted by molar-refractivity contribution is -0.141. The van der Waals surface area contributed by atoms with Crippen molar-refractivity contribution in [2.75, 3.05) is 0 Å². The standard InChI is InChI=1S/C25H29Cl3N2O2/c1-2-23(25(32)29-19-7-4-3-5-8-19)30(16-20-21(27)9-6-10-22(20)28)24(31)15-17-11-13-18(26)14-12-17/h6,9-14,19,23H,2-5,7-8,15-16H2,1H3,(H,29,32)/t23-/m0/s1. The fourth-order valence-electron chi connectivity index (χ4n) is 4.20. The van der Waals surface area contributed by atoms with Crippen molar-refractivity contribution < 1.29 is 9.59 Å². The van der Waals surface area contributed by atoms with Crippen LogP contribution in [-0.4, -0.2) is 28.8 Å². The lowest BCUT2D eigenvalue weighted by Gasteiger charge is -2.33. The predicted octanol–water partition coefficient (Wildman–Crippen LogP) is 6.45. The van der Waals surface area contributed by atoms with Gasteiger partial charge in [-0.25, -0.2) is 0 Å². The zero-order chi connectivity index (χ0) is 23.1. The van der Waals surface area contributed by atoms with Gasteiger partial charge in [-0.15, -0.1) is 0 Å². The lowest BCUT2D eigenvalue weighted by atomic mass is 9.95. The smallest absolute Gasteiger partial charge is 0.243 e. The van der Waals surface area contributed by atoms with Gasteiger partial charge >= 0.3 is 0 Å². The molecule has 0 aromatic heterocycles. The van der Waals surface area contributed by atoms with Crippen molar-refractivity contribution in [2.24, 2.45) is 0 Å². The molecular formula is C25H29Cl3N2O2. The summed E-state index contributed by atoms with van der Waals surface area (Å²) in [6, 6.07) is 12.0. The molecule has 2 aromatic carbocycles. The number of nitrogens with one attached hydrogen (secondary N) is 1. The molecule has 2 aromatic rings. The number of benzene rings is 2. The SMILES string of the molecule is CC[C@@H](C(=O)NC1CCCCC1)N(Cc1c(Cl)cccc1Cl)C(=O)Cc1ccc(Cl)cc1. The molecule has 1 saturated carbocycles. The number of halogens is 3.